The minimum atomic E-state index is 0.618. The maximum Gasteiger partial charge on any atom is 0.209 e. The van der Waals surface area contributed by atoms with Gasteiger partial charge in [-0.2, -0.15) is 0 Å². The van der Waals surface area contributed by atoms with E-state index in [1.54, 1.807) is 0 Å². The maximum absolute atomic E-state index is 10.8. The van der Waals surface area contributed by atoms with Gasteiger partial charge in [0.1, 0.15) is 0 Å². The van der Waals surface area contributed by atoms with Crippen LogP contribution in [0.5, 0.6) is 0 Å². The van der Waals surface area contributed by atoms with Crippen molar-refractivity contribution in [2.24, 2.45) is 17.3 Å². The van der Waals surface area contributed by atoms with E-state index in [4.69, 9.17) is 0 Å². The molecule has 0 bridgehead atoms. The number of carbonyl (C=O) groups is 1. The standard InChI is InChI=1S/C16H28N2O/c1-14-2-6-17(7-3-14)12-15-10-16(11-15)4-8-18(13-19)9-5-16/h13-15H,2-12H2,1H3. The predicted molar refractivity (Wildman–Crippen MR) is 76.9 cm³/mol. The van der Waals surface area contributed by atoms with Gasteiger partial charge in [-0.15, -0.1) is 0 Å². The van der Waals surface area contributed by atoms with Crippen molar-refractivity contribution in [3.63, 3.8) is 0 Å². The molecule has 1 aliphatic carbocycles. The second-order valence-electron chi connectivity index (χ2n) is 7.40. The number of hydrogen-bond acceptors (Lipinski definition) is 2. The summed E-state index contributed by atoms with van der Waals surface area (Å²) in [6.45, 7) is 8.37. The number of amides is 1. The number of carbonyl (C=O) groups excluding carboxylic acids is 1. The lowest BCUT2D eigenvalue weighted by Crippen LogP contribution is -2.50. The fraction of sp³-hybridized carbons (Fsp3) is 0.938. The quantitative estimate of drug-likeness (QED) is 0.731. The highest BCUT2D eigenvalue weighted by Gasteiger charge is 2.45. The smallest absolute Gasteiger partial charge is 0.209 e. The van der Waals surface area contributed by atoms with E-state index in [0.717, 1.165) is 31.3 Å². The number of rotatable bonds is 3. The zero-order valence-corrected chi connectivity index (χ0v) is 12.3. The largest absolute Gasteiger partial charge is 0.345 e. The Hall–Kier alpha value is -0.570. The Morgan fingerprint density at radius 1 is 1.11 bits per heavy atom. The molecule has 3 aliphatic rings. The van der Waals surface area contributed by atoms with Crippen LogP contribution < -0.4 is 0 Å². The Morgan fingerprint density at radius 3 is 2.32 bits per heavy atom. The molecule has 0 aromatic heterocycles. The summed E-state index contributed by atoms with van der Waals surface area (Å²) in [7, 11) is 0. The summed E-state index contributed by atoms with van der Waals surface area (Å²) in [6.07, 6.45) is 9.16. The lowest BCUT2D eigenvalue weighted by atomic mass is 9.57. The van der Waals surface area contributed by atoms with Crippen LogP contribution in [0.15, 0.2) is 0 Å². The van der Waals surface area contributed by atoms with Crippen molar-refractivity contribution in [2.75, 3.05) is 32.7 Å². The van der Waals surface area contributed by atoms with Crippen molar-refractivity contribution >= 4 is 6.41 Å². The minimum absolute atomic E-state index is 0.618. The lowest BCUT2D eigenvalue weighted by molar-refractivity contribution is -0.122. The third-order valence-corrected chi connectivity index (χ3v) is 5.84. The molecular weight excluding hydrogens is 236 g/mol. The lowest BCUT2D eigenvalue weighted by Gasteiger charge is -2.53. The van der Waals surface area contributed by atoms with Gasteiger partial charge in [-0.3, -0.25) is 4.79 Å². The molecule has 2 saturated heterocycles. The van der Waals surface area contributed by atoms with Gasteiger partial charge in [0.15, 0.2) is 0 Å². The Labute approximate surface area is 117 Å². The van der Waals surface area contributed by atoms with E-state index in [0.29, 0.717) is 5.41 Å². The molecule has 2 aliphatic heterocycles. The number of nitrogens with zero attached hydrogens (tertiary/aromatic N) is 2. The summed E-state index contributed by atoms with van der Waals surface area (Å²) in [5, 5.41) is 0. The van der Waals surface area contributed by atoms with E-state index in [1.807, 2.05) is 4.90 Å². The van der Waals surface area contributed by atoms with Gasteiger partial charge in [-0.1, -0.05) is 6.92 Å². The molecule has 3 heteroatoms. The van der Waals surface area contributed by atoms with Crippen molar-refractivity contribution < 1.29 is 4.79 Å². The second-order valence-corrected chi connectivity index (χ2v) is 7.40. The van der Waals surface area contributed by atoms with Crippen LogP contribution >= 0.6 is 0 Å². The molecule has 0 aromatic rings. The van der Waals surface area contributed by atoms with Crippen LogP contribution in [0.1, 0.15) is 45.4 Å². The van der Waals surface area contributed by atoms with Crippen molar-refractivity contribution in [3.8, 4) is 0 Å². The molecule has 3 fully saturated rings. The SMILES string of the molecule is CC1CCN(CC2CC3(CCN(C=O)CC3)C2)CC1. The van der Waals surface area contributed by atoms with Crippen molar-refractivity contribution in [1.29, 1.82) is 0 Å². The molecule has 3 nitrogen and oxygen atoms in total. The first-order valence-corrected chi connectivity index (χ1v) is 8.11. The molecule has 2 heterocycles. The van der Waals surface area contributed by atoms with Gasteiger partial charge in [-0.05, 0) is 68.9 Å². The summed E-state index contributed by atoms with van der Waals surface area (Å²) >= 11 is 0. The van der Waals surface area contributed by atoms with E-state index in [2.05, 4.69) is 11.8 Å². The second kappa shape index (κ2) is 5.43. The molecule has 108 valence electrons. The molecule has 19 heavy (non-hydrogen) atoms. The number of piperidine rings is 2. The van der Waals surface area contributed by atoms with Gasteiger partial charge < -0.3 is 9.80 Å². The summed E-state index contributed by atoms with van der Waals surface area (Å²) in [5.74, 6) is 1.88. The zero-order chi connectivity index (χ0) is 13.3. The molecule has 0 aromatic carbocycles. The predicted octanol–water partition coefficient (Wildman–Crippen LogP) is 2.37. The highest BCUT2D eigenvalue weighted by atomic mass is 16.1. The summed E-state index contributed by atoms with van der Waals surface area (Å²) < 4.78 is 0. The Morgan fingerprint density at radius 2 is 1.74 bits per heavy atom. The zero-order valence-electron chi connectivity index (χ0n) is 12.3. The number of hydrogen-bond donors (Lipinski definition) is 0. The van der Waals surface area contributed by atoms with Crippen LogP contribution in [-0.4, -0.2) is 48.9 Å². The van der Waals surface area contributed by atoms with Crippen LogP contribution in [-0.2, 0) is 4.79 Å². The van der Waals surface area contributed by atoms with Gasteiger partial charge >= 0.3 is 0 Å². The first-order chi connectivity index (χ1) is 9.19. The molecule has 3 rings (SSSR count). The Bertz CT molecular complexity index is 307. The fourth-order valence-corrected chi connectivity index (χ4v) is 4.42. The third kappa shape index (κ3) is 2.96. The number of likely N-dealkylation sites (tertiary alicyclic amines) is 2. The van der Waals surface area contributed by atoms with Gasteiger partial charge in [0, 0.05) is 19.6 Å². The van der Waals surface area contributed by atoms with Gasteiger partial charge in [0.25, 0.3) is 0 Å². The van der Waals surface area contributed by atoms with Crippen LogP contribution in [0, 0.1) is 17.3 Å². The van der Waals surface area contributed by atoms with E-state index in [1.165, 1.54) is 58.2 Å². The average molecular weight is 264 g/mol. The van der Waals surface area contributed by atoms with E-state index < -0.39 is 0 Å². The molecule has 1 amide bonds. The molecule has 0 radical (unpaired) electrons. The van der Waals surface area contributed by atoms with E-state index >= 15 is 0 Å². The van der Waals surface area contributed by atoms with Crippen molar-refractivity contribution in [1.82, 2.24) is 9.80 Å². The molecule has 0 unspecified atom stereocenters. The third-order valence-electron chi connectivity index (χ3n) is 5.84. The monoisotopic (exact) mass is 264 g/mol. The fourth-order valence-electron chi connectivity index (χ4n) is 4.42. The minimum Gasteiger partial charge on any atom is -0.345 e. The van der Waals surface area contributed by atoms with Gasteiger partial charge in [-0.25, -0.2) is 0 Å². The van der Waals surface area contributed by atoms with Crippen LogP contribution in [0.2, 0.25) is 0 Å². The molecule has 1 saturated carbocycles. The van der Waals surface area contributed by atoms with E-state index in [-0.39, 0.29) is 0 Å². The van der Waals surface area contributed by atoms with Crippen molar-refractivity contribution in [2.45, 2.75) is 45.4 Å². The topological polar surface area (TPSA) is 23.6 Å². The summed E-state index contributed by atoms with van der Waals surface area (Å²) in [6, 6.07) is 0. The van der Waals surface area contributed by atoms with Crippen molar-refractivity contribution in [3.05, 3.63) is 0 Å². The van der Waals surface area contributed by atoms with E-state index in [9.17, 15) is 4.79 Å². The molecular formula is C16H28N2O. The first kappa shape index (κ1) is 13.4. The maximum atomic E-state index is 10.8. The normalized spacial score (nSPS) is 29.4. The highest BCUT2D eigenvalue weighted by molar-refractivity contribution is 5.47. The van der Waals surface area contributed by atoms with Crippen LogP contribution in [0.3, 0.4) is 0 Å². The Kier molecular flexibility index (Phi) is 3.84. The van der Waals surface area contributed by atoms with Crippen LogP contribution in [0.4, 0.5) is 0 Å². The first-order valence-electron chi connectivity index (χ1n) is 8.11. The Balaban J connectivity index is 1.39. The molecule has 0 N–H and O–H groups in total. The highest BCUT2D eigenvalue weighted by Crippen LogP contribution is 2.52. The average Bonchev–Trinajstić information content (AvgIpc) is 2.40. The van der Waals surface area contributed by atoms with Gasteiger partial charge in [0.05, 0.1) is 0 Å². The van der Waals surface area contributed by atoms with Crippen LogP contribution in [0.25, 0.3) is 0 Å². The molecule has 0 atom stereocenters. The summed E-state index contributed by atoms with van der Waals surface area (Å²) in [4.78, 5) is 15.4. The molecule has 1 spiro atoms. The van der Waals surface area contributed by atoms with Gasteiger partial charge in [0.2, 0.25) is 6.41 Å². The summed E-state index contributed by atoms with van der Waals surface area (Å²) in [5.41, 5.74) is 0.618.